The third-order valence-electron chi connectivity index (χ3n) is 6.77. The topological polar surface area (TPSA) is 186 Å². The molecule has 0 aromatic rings. The van der Waals surface area contributed by atoms with E-state index >= 15 is 0 Å². The zero-order valence-corrected chi connectivity index (χ0v) is 22.8. The highest BCUT2D eigenvalue weighted by molar-refractivity contribution is 5.96. The maximum Gasteiger partial charge on any atom is 0.326 e. The Hall–Kier alpha value is -3.22. The van der Waals surface area contributed by atoms with Gasteiger partial charge in [0.1, 0.15) is 30.2 Å². The van der Waals surface area contributed by atoms with Crippen molar-refractivity contribution in [2.75, 3.05) is 13.1 Å². The van der Waals surface area contributed by atoms with Gasteiger partial charge in [0.2, 0.25) is 29.5 Å². The smallest absolute Gasteiger partial charge is 0.326 e. The van der Waals surface area contributed by atoms with Crippen LogP contribution in [0, 0.1) is 5.92 Å². The first-order valence-corrected chi connectivity index (χ1v) is 13.3. The molecular formula is C25H42N6O7. The van der Waals surface area contributed by atoms with Crippen molar-refractivity contribution < 1.29 is 33.9 Å². The van der Waals surface area contributed by atoms with E-state index in [1.165, 1.54) is 25.7 Å². The molecule has 2 aliphatic rings. The molecule has 5 amide bonds. The molecule has 0 aromatic carbocycles. The maximum atomic E-state index is 13.0. The number of carbonyl (C=O) groups excluding carboxylic acids is 5. The summed E-state index contributed by atoms with van der Waals surface area (Å²) >= 11 is 0. The van der Waals surface area contributed by atoms with Crippen molar-refractivity contribution in [2.45, 2.75) is 103 Å². The number of nitrogens with one attached hydrogen (secondary N) is 5. The van der Waals surface area contributed by atoms with Gasteiger partial charge < -0.3 is 36.6 Å². The van der Waals surface area contributed by atoms with Crippen molar-refractivity contribution in [3.05, 3.63) is 0 Å². The fraction of sp³-hybridized carbons (Fsp3) is 0.760. The van der Waals surface area contributed by atoms with Crippen LogP contribution in [-0.4, -0.2) is 94.9 Å². The predicted octanol–water partition coefficient (Wildman–Crippen LogP) is -1.14. The molecule has 6 atom stereocenters. The van der Waals surface area contributed by atoms with E-state index in [0.29, 0.717) is 25.8 Å². The van der Waals surface area contributed by atoms with Gasteiger partial charge in [-0.3, -0.25) is 24.0 Å². The van der Waals surface area contributed by atoms with Crippen molar-refractivity contribution in [2.24, 2.45) is 5.92 Å². The third kappa shape index (κ3) is 8.67. The first kappa shape index (κ1) is 31.0. The van der Waals surface area contributed by atoms with E-state index in [2.05, 4.69) is 26.6 Å². The molecule has 2 saturated heterocycles. The van der Waals surface area contributed by atoms with Crippen LogP contribution in [0.5, 0.6) is 0 Å². The van der Waals surface area contributed by atoms with Gasteiger partial charge in [-0.25, -0.2) is 4.79 Å². The predicted molar refractivity (Wildman–Crippen MR) is 138 cm³/mol. The van der Waals surface area contributed by atoms with Gasteiger partial charge in [0.05, 0.1) is 6.04 Å². The summed E-state index contributed by atoms with van der Waals surface area (Å²) < 4.78 is 0. The number of carboxylic acids is 1. The minimum absolute atomic E-state index is 0.0244. The minimum Gasteiger partial charge on any atom is -0.480 e. The molecule has 13 heteroatoms. The van der Waals surface area contributed by atoms with E-state index in [-0.39, 0.29) is 24.3 Å². The Kier molecular flexibility index (Phi) is 11.5. The number of hydrogen-bond donors (Lipinski definition) is 6. The van der Waals surface area contributed by atoms with Gasteiger partial charge >= 0.3 is 5.97 Å². The molecule has 0 aromatic heterocycles. The van der Waals surface area contributed by atoms with Crippen molar-refractivity contribution >= 4 is 35.5 Å². The highest BCUT2D eigenvalue weighted by atomic mass is 16.4. The lowest BCUT2D eigenvalue weighted by Crippen LogP contribution is -2.58. The van der Waals surface area contributed by atoms with Gasteiger partial charge in [0.25, 0.3) is 0 Å². The molecule has 0 radical (unpaired) electrons. The van der Waals surface area contributed by atoms with Crippen molar-refractivity contribution in [3.8, 4) is 0 Å². The van der Waals surface area contributed by atoms with Gasteiger partial charge in [-0.15, -0.1) is 0 Å². The fourth-order valence-electron chi connectivity index (χ4n) is 4.60. The van der Waals surface area contributed by atoms with E-state index in [9.17, 15) is 33.9 Å². The molecule has 13 nitrogen and oxygen atoms in total. The highest BCUT2D eigenvalue weighted by Gasteiger charge is 2.37. The van der Waals surface area contributed by atoms with Crippen LogP contribution < -0.4 is 26.6 Å². The molecule has 0 bridgehead atoms. The van der Waals surface area contributed by atoms with E-state index in [1.807, 2.05) is 13.8 Å². The highest BCUT2D eigenvalue weighted by Crippen LogP contribution is 2.18. The number of amides is 5. The average molecular weight is 539 g/mol. The molecule has 2 aliphatic heterocycles. The van der Waals surface area contributed by atoms with Crippen molar-refractivity contribution in [1.82, 2.24) is 31.5 Å². The Morgan fingerprint density at radius 1 is 0.816 bits per heavy atom. The first-order chi connectivity index (χ1) is 17.8. The Labute approximate surface area is 223 Å². The van der Waals surface area contributed by atoms with Crippen LogP contribution in [0.3, 0.4) is 0 Å². The Morgan fingerprint density at radius 3 is 2.00 bits per heavy atom. The largest absolute Gasteiger partial charge is 0.480 e. The second kappa shape index (κ2) is 14.1. The number of carbonyl (C=O) groups is 6. The van der Waals surface area contributed by atoms with E-state index in [0.717, 1.165) is 13.0 Å². The van der Waals surface area contributed by atoms with Gasteiger partial charge in [0.15, 0.2) is 0 Å². The zero-order chi connectivity index (χ0) is 28.6. The van der Waals surface area contributed by atoms with Crippen molar-refractivity contribution in [3.63, 3.8) is 0 Å². The van der Waals surface area contributed by atoms with Crippen LogP contribution in [0.1, 0.15) is 66.7 Å². The Balaban J connectivity index is 1.93. The second-order valence-electron chi connectivity index (χ2n) is 10.6. The lowest BCUT2D eigenvalue weighted by molar-refractivity contribution is -0.149. The van der Waals surface area contributed by atoms with Gasteiger partial charge in [0, 0.05) is 6.54 Å². The molecular weight excluding hydrogens is 496 g/mol. The summed E-state index contributed by atoms with van der Waals surface area (Å²) in [4.78, 5) is 76.1. The Bertz CT molecular complexity index is 905. The molecule has 0 unspecified atom stereocenters. The molecule has 2 fully saturated rings. The monoisotopic (exact) mass is 538 g/mol. The lowest BCUT2D eigenvalue weighted by Gasteiger charge is -2.28. The maximum absolute atomic E-state index is 13.0. The summed E-state index contributed by atoms with van der Waals surface area (Å²) in [5.74, 6) is -3.55. The van der Waals surface area contributed by atoms with Crippen LogP contribution in [0.15, 0.2) is 0 Å². The standard InChI is InChI=1S/C25H42N6O7/c1-13(2)12-18(23(35)29-16(5)24(36)31-11-7-9-19(31)25(37)38)30-21(33)15(4)27-20(32)14(3)28-22(34)17-8-6-10-26-17/h13-19,26H,6-12H2,1-5H3,(H,27,32)(H,28,34)(H,29,35)(H,30,33)(H,37,38)/t14-,15-,16-,17-,18-,19-/m0/s1. The van der Waals surface area contributed by atoms with Crippen LogP contribution >= 0.6 is 0 Å². The van der Waals surface area contributed by atoms with E-state index in [4.69, 9.17) is 0 Å². The lowest BCUT2D eigenvalue weighted by atomic mass is 10.0. The quantitative estimate of drug-likeness (QED) is 0.180. The molecule has 2 rings (SSSR count). The van der Waals surface area contributed by atoms with Crippen LogP contribution in [0.4, 0.5) is 0 Å². The van der Waals surface area contributed by atoms with Crippen LogP contribution in [0.2, 0.25) is 0 Å². The first-order valence-electron chi connectivity index (χ1n) is 13.3. The van der Waals surface area contributed by atoms with E-state index in [1.54, 1.807) is 0 Å². The number of nitrogens with zero attached hydrogens (tertiary/aromatic N) is 1. The molecule has 6 N–H and O–H groups in total. The van der Waals surface area contributed by atoms with Gasteiger partial charge in [-0.1, -0.05) is 13.8 Å². The minimum atomic E-state index is -1.08. The van der Waals surface area contributed by atoms with Crippen molar-refractivity contribution in [1.29, 1.82) is 0 Å². The summed E-state index contributed by atoms with van der Waals surface area (Å²) in [5.41, 5.74) is 0. The summed E-state index contributed by atoms with van der Waals surface area (Å²) in [5, 5.41) is 22.8. The van der Waals surface area contributed by atoms with Gasteiger partial charge in [-0.2, -0.15) is 0 Å². The summed E-state index contributed by atoms with van der Waals surface area (Å²) in [6, 6.07) is -5.06. The normalized spacial score (nSPS) is 22.2. The summed E-state index contributed by atoms with van der Waals surface area (Å²) in [7, 11) is 0. The summed E-state index contributed by atoms with van der Waals surface area (Å²) in [6.07, 6.45) is 2.78. The average Bonchev–Trinajstić information content (AvgIpc) is 3.55. The number of rotatable bonds is 12. The summed E-state index contributed by atoms with van der Waals surface area (Å²) in [6.45, 7) is 9.26. The fourth-order valence-corrected chi connectivity index (χ4v) is 4.60. The number of carboxylic acid groups (broad SMARTS) is 1. The third-order valence-corrected chi connectivity index (χ3v) is 6.77. The van der Waals surface area contributed by atoms with Gasteiger partial charge in [-0.05, 0) is 65.3 Å². The second-order valence-corrected chi connectivity index (χ2v) is 10.6. The zero-order valence-electron chi connectivity index (χ0n) is 22.8. The molecule has 214 valence electrons. The SMILES string of the molecule is CC(C)C[C@H](NC(=O)[C@H](C)NC(=O)[C@H](C)NC(=O)[C@@H]1CCCN1)C(=O)N[C@@H](C)C(=O)N1CCC[C@H]1C(=O)O. The molecule has 38 heavy (non-hydrogen) atoms. The number of hydrogen-bond acceptors (Lipinski definition) is 7. The Morgan fingerprint density at radius 2 is 1.42 bits per heavy atom. The van der Waals surface area contributed by atoms with E-state index < -0.39 is 59.8 Å². The molecule has 0 spiro atoms. The molecule has 0 saturated carbocycles. The van der Waals surface area contributed by atoms with Crippen LogP contribution in [0.25, 0.3) is 0 Å². The number of aliphatic carboxylic acids is 1. The molecule has 0 aliphatic carbocycles. The number of likely N-dealkylation sites (tertiary alicyclic amines) is 1. The van der Waals surface area contributed by atoms with Crippen LogP contribution in [-0.2, 0) is 28.8 Å². The molecule has 2 heterocycles.